The molecular weight excluding hydrogens is 367 g/mol. The van der Waals surface area contributed by atoms with E-state index in [1.54, 1.807) is 0 Å². The lowest BCUT2D eigenvalue weighted by atomic mass is 10.2. The van der Waals surface area contributed by atoms with Gasteiger partial charge in [-0.2, -0.15) is 0 Å². The highest BCUT2D eigenvalue weighted by molar-refractivity contribution is 9.10. The minimum Gasteiger partial charge on any atom is -0.455 e. The molecule has 0 N–H and O–H groups in total. The van der Waals surface area contributed by atoms with Crippen molar-refractivity contribution in [3.8, 4) is 11.5 Å². The largest absolute Gasteiger partial charge is 0.455 e. The second-order valence-electron chi connectivity index (χ2n) is 3.42. The van der Waals surface area contributed by atoms with Crippen LogP contribution in [-0.2, 0) is 5.33 Å². The highest BCUT2D eigenvalue weighted by Gasteiger charge is 2.06. The Bertz CT molecular complexity index is 529. The summed E-state index contributed by atoms with van der Waals surface area (Å²) < 4.78 is 6.74. The van der Waals surface area contributed by atoms with Crippen molar-refractivity contribution < 1.29 is 4.74 Å². The lowest BCUT2D eigenvalue weighted by molar-refractivity contribution is 0.479. The molecule has 0 aliphatic rings. The van der Waals surface area contributed by atoms with Gasteiger partial charge in [-0.1, -0.05) is 61.7 Å². The molecule has 2 rings (SSSR count). The second kappa shape index (κ2) is 5.89. The van der Waals surface area contributed by atoms with E-state index in [1.807, 2.05) is 42.5 Å². The number of hydrogen-bond donors (Lipinski definition) is 0. The van der Waals surface area contributed by atoms with Gasteiger partial charge in [-0.25, -0.2) is 0 Å². The molecule has 88 valence electrons. The summed E-state index contributed by atoms with van der Waals surface area (Å²) in [4.78, 5) is 0. The summed E-state index contributed by atoms with van der Waals surface area (Å²) in [6, 6.07) is 13.4. The average Bonchev–Trinajstić information content (AvgIpc) is 2.33. The fourth-order valence-electron chi connectivity index (χ4n) is 1.39. The third-order valence-electron chi connectivity index (χ3n) is 2.23. The summed E-state index contributed by atoms with van der Waals surface area (Å²) in [5, 5.41) is 1.33. The van der Waals surface area contributed by atoms with Crippen LogP contribution in [0.5, 0.6) is 11.5 Å². The Morgan fingerprint density at radius 1 is 1.06 bits per heavy atom. The molecule has 4 heteroatoms. The molecule has 17 heavy (non-hydrogen) atoms. The van der Waals surface area contributed by atoms with Gasteiger partial charge < -0.3 is 4.74 Å². The Balaban J connectivity index is 2.31. The van der Waals surface area contributed by atoms with Gasteiger partial charge in [0.15, 0.2) is 0 Å². The summed E-state index contributed by atoms with van der Waals surface area (Å²) in [7, 11) is 0. The minimum absolute atomic E-state index is 0.587. The van der Waals surface area contributed by atoms with Crippen LogP contribution in [0, 0.1) is 0 Å². The van der Waals surface area contributed by atoms with Gasteiger partial charge in [-0.15, -0.1) is 0 Å². The molecule has 0 unspecified atom stereocenters. The highest BCUT2D eigenvalue weighted by atomic mass is 79.9. The fraction of sp³-hybridized carbons (Fsp3) is 0.0769. The molecule has 0 bridgehead atoms. The lowest BCUT2D eigenvalue weighted by Gasteiger charge is -2.10. The van der Waals surface area contributed by atoms with E-state index in [0.29, 0.717) is 10.8 Å². The number of benzene rings is 2. The molecule has 0 heterocycles. The molecule has 0 amide bonds. The van der Waals surface area contributed by atoms with E-state index in [2.05, 4.69) is 31.9 Å². The van der Waals surface area contributed by atoms with E-state index >= 15 is 0 Å². The molecule has 1 nitrogen and oxygen atoms in total. The van der Waals surface area contributed by atoms with Gasteiger partial charge in [0.1, 0.15) is 11.5 Å². The number of para-hydroxylation sites is 1. The van der Waals surface area contributed by atoms with E-state index in [-0.39, 0.29) is 0 Å². The Morgan fingerprint density at radius 3 is 2.53 bits per heavy atom. The van der Waals surface area contributed by atoms with Crippen molar-refractivity contribution in [3.05, 3.63) is 57.5 Å². The van der Waals surface area contributed by atoms with Gasteiger partial charge in [-0.3, -0.25) is 0 Å². The van der Waals surface area contributed by atoms with Gasteiger partial charge in [-0.05, 0) is 24.3 Å². The van der Waals surface area contributed by atoms with Crippen LogP contribution in [0.4, 0.5) is 0 Å². The van der Waals surface area contributed by atoms with E-state index in [4.69, 9.17) is 16.3 Å². The molecule has 0 aromatic heterocycles. The number of ether oxygens (including phenoxy) is 1. The second-order valence-corrected chi connectivity index (χ2v) is 5.30. The average molecular weight is 376 g/mol. The van der Waals surface area contributed by atoms with Crippen molar-refractivity contribution in [1.82, 2.24) is 0 Å². The van der Waals surface area contributed by atoms with E-state index < -0.39 is 0 Å². The summed E-state index contributed by atoms with van der Waals surface area (Å²) in [5.74, 6) is 1.47. The number of rotatable bonds is 3. The van der Waals surface area contributed by atoms with Gasteiger partial charge in [0.25, 0.3) is 0 Å². The maximum absolute atomic E-state index is 6.11. The minimum atomic E-state index is 0.587. The zero-order chi connectivity index (χ0) is 12.3. The molecule has 0 atom stereocenters. The smallest absolute Gasteiger partial charge is 0.146 e. The van der Waals surface area contributed by atoms with Gasteiger partial charge in [0.2, 0.25) is 0 Å². The molecule has 2 aromatic carbocycles. The topological polar surface area (TPSA) is 9.23 Å². The Labute approximate surface area is 122 Å². The maximum Gasteiger partial charge on any atom is 0.146 e. The van der Waals surface area contributed by atoms with Crippen LogP contribution >= 0.6 is 43.5 Å². The summed E-state index contributed by atoms with van der Waals surface area (Å²) >= 11 is 12.9. The van der Waals surface area contributed by atoms with Crippen molar-refractivity contribution in [1.29, 1.82) is 0 Å². The Kier molecular flexibility index (Phi) is 4.48. The van der Waals surface area contributed by atoms with Crippen molar-refractivity contribution >= 4 is 43.5 Å². The third kappa shape index (κ3) is 3.24. The van der Waals surface area contributed by atoms with Crippen LogP contribution in [0.1, 0.15) is 5.56 Å². The summed E-state index contributed by atoms with van der Waals surface area (Å²) in [6.07, 6.45) is 0. The normalized spacial score (nSPS) is 10.3. The van der Waals surface area contributed by atoms with Crippen LogP contribution in [-0.4, -0.2) is 0 Å². The van der Waals surface area contributed by atoms with Crippen LogP contribution in [0.2, 0.25) is 5.02 Å². The highest BCUT2D eigenvalue weighted by Crippen LogP contribution is 2.33. The van der Waals surface area contributed by atoms with E-state index in [1.165, 1.54) is 0 Å². The fourth-order valence-corrected chi connectivity index (χ4v) is 2.57. The number of halogens is 3. The SMILES string of the molecule is Clc1cc(Br)ccc1Oc1ccccc1CBr. The van der Waals surface area contributed by atoms with Crippen molar-refractivity contribution in [2.24, 2.45) is 0 Å². The van der Waals surface area contributed by atoms with Crippen LogP contribution < -0.4 is 4.74 Å². The van der Waals surface area contributed by atoms with Crippen molar-refractivity contribution in [2.45, 2.75) is 5.33 Å². The molecule has 0 aliphatic heterocycles. The first-order chi connectivity index (χ1) is 8.20. The van der Waals surface area contributed by atoms with Crippen molar-refractivity contribution in [3.63, 3.8) is 0 Å². The zero-order valence-electron chi connectivity index (χ0n) is 8.79. The van der Waals surface area contributed by atoms with Crippen LogP contribution in [0.15, 0.2) is 46.9 Å². The maximum atomic E-state index is 6.11. The van der Waals surface area contributed by atoms with Gasteiger partial charge >= 0.3 is 0 Å². The molecule has 0 fully saturated rings. The van der Waals surface area contributed by atoms with E-state index in [9.17, 15) is 0 Å². The Hall–Kier alpha value is -0.510. The van der Waals surface area contributed by atoms with Gasteiger partial charge in [0.05, 0.1) is 5.02 Å². The molecule has 0 spiro atoms. The molecular formula is C13H9Br2ClO. The first kappa shape index (κ1) is 12.9. The standard InChI is InChI=1S/C13H9Br2ClO/c14-8-9-3-1-2-4-12(9)17-13-6-5-10(15)7-11(13)16/h1-7H,8H2. The lowest BCUT2D eigenvalue weighted by Crippen LogP contribution is -1.89. The van der Waals surface area contributed by atoms with Crippen LogP contribution in [0.3, 0.4) is 0 Å². The molecule has 0 saturated carbocycles. The quantitative estimate of drug-likeness (QED) is 0.616. The summed E-state index contributed by atoms with van der Waals surface area (Å²) in [6.45, 7) is 0. The molecule has 0 aliphatic carbocycles. The number of hydrogen-bond acceptors (Lipinski definition) is 1. The summed E-state index contributed by atoms with van der Waals surface area (Å²) in [5.41, 5.74) is 1.09. The first-order valence-electron chi connectivity index (χ1n) is 4.97. The Morgan fingerprint density at radius 2 is 1.82 bits per heavy atom. The molecule has 0 radical (unpaired) electrons. The predicted octanol–water partition coefficient (Wildman–Crippen LogP) is 5.79. The van der Waals surface area contributed by atoms with E-state index in [0.717, 1.165) is 21.1 Å². The molecule has 0 saturated heterocycles. The third-order valence-corrected chi connectivity index (χ3v) is 3.62. The monoisotopic (exact) mass is 374 g/mol. The predicted molar refractivity (Wildman–Crippen MR) is 78.3 cm³/mol. The zero-order valence-corrected chi connectivity index (χ0v) is 12.7. The molecule has 2 aromatic rings. The van der Waals surface area contributed by atoms with Gasteiger partial charge in [0, 0.05) is 15.4 Å². The number of alkyl halides is 1. The first-order valence-corrected chi connectivity index (χ1v) is 7.26. The van der Waals surface area contributed by atoms with Crippen molar-refractivity contribution in [2.75, 3.05) is 0 Å². The van der Waals surface area contributed by atoms with Crippen LogP contribution in [0.25, 0.3) is 0 Å².